The van der Waals surface area contributed by atoms with E-state index < -0.39 is 41.7 Å². The van der Waals surface area contributed by atoms with Gasteiger partial charge in [-0.25, -0.2) is 0 Å². The molecule has 2 unspecified atom stereocenters. The number of amides is 5. The molecule has 0 radical (unpaired) electrons. The number of carbonyl (C=O) groups is 5. The number of benzene rings is 2. The Morgan fingerprint density at radius 3 is 2.58 bits per heavy atom. The number of hydrogen-bond acceptors (Lipinski definition) is 6. The molecule has 2 aromatic carbocycles. The minimum absolute atomic E-state index is 0.0374. The number of para-hydroxylation sites is 1. The van der Waals surface area contributed by atoms with Gasteiger partial charge in [-0.3, -0.25) is 34.2 Å². The van der Waals surface area contributed by atoms with Gasteiger partial charge in [-0.15, -0.1) is 0 Å². The van der Waals surface area contributed by atoms with Crippen molar-refractivity contribution in [3.63, 3.8) is 0 Å². The summed E-state index contributed by atoms with van der Waals surface area (Å²) in [4.78, 5) is 62.7. The number of aryl methyl sites for hydroxylation is 1. The molecular formula is C23H20ClN3O6. The van der Waals surface area contributed by atoms with Crippen molar-refractivity contribution < 1.29 is 28.7 Å². The van der Waals surface area contributed by atoms with Crippen LogP contribution >= 0.6 is 11.6 Å². The maximum absolute atomic E-state index is 12.9. The predicted molar refractivity (Wildman–Crippen MR) is 118 cm³/mol. The smallest absolute Gasteiger partial charge is 0.265 e. The molecule has 2 aliphatic rings. The Bertz CT molecular complexity index is 1190. The Kier molecular flexibility index (Phi) is 5.90. The molecule has 10 heteroatoms. The standard InChI is InChI=1S/C23H20ClN3O6/c1-11-4-3-5-16(24)19(11)26-20(29)12(2)33-13-6-7-14-15(10-13)23(32)27(22(14)31)17-8-9-18(28)25-21(17)30/h3-7,10,12,17H,8-9H2,1-2H3,(H,26,29)(H,25,28,30). The fraction of sp³-hybridized carbons (Fsp3) is 0.261. The van der Waals surface area contributed by atoms with Crippen molar-refractivity contribution in [3.8, 4) is 5.75 Å². The van der Waals surface area contributed by atoms with E-state index >= 15 is 0 Å². The number of fused-ring (bicyclic) bond motifs is 1. The molecule has 2 N–H and O–H groups in total. The Morgan fingerprint density at radius 2 is 1.88 bits per heavy atom. The molecule has 33 heavy (non-hydrogen) atoms. The molecule has 2 aliphatic heterocycles. The highest BCUT2D eigenvalue weighted by Gasteiger charge is 2.44. The molecule has 0 saturated carbocycles. The summed E-state index contributed by atoms with van der Waals surface area (Å²) in [5, 5.41) is 5.27. The molecule has 170 valence electrons. The summed E-state index contributed by atoms with van der Waals surface area (Å²) in [6.07, 6.45) is -0.828. The number of anilines is 1. The van der Waals surface area contributed by atoms with Gasteiger partial charge < -0.3 is 10.1 Å². The van der Waals surface area contributed by atoms with Gasteiger partial charge in [-0.1, -0.05) is 23.7 Å². The first-order valence-electron chi connectivity index (χ1n) is 10.3. The summed E-state index contributed by atoms with van der Waals surface area (Å²) >= 11 is 6.15. The molecule has 0 aromatic heterocycles. The molecule has 1 saturated heterocycles. The van der Waals surface area contributed by atoms with E-state index in [1.54, 1.807) is 12.1 Å². The second-order valence-corrected chi connectivity index (χ2v) is 8.24. The number of halogens is 1. The van der Waals surface area contributed by atoms with Crippen LogP contribution in [0.15, 0.2) is 36.4 Å². The van der Waals surface area contributed by atoms with Crippen molar-refractivity contribution in [1.82, 2.24) is 10.2 Å². The molecular weight excluding hydrogens is 450 g/mol. The van der Waals surface area contributed by atoms with E-state index in [0.717, 1.165) is 10.5 Å². The number of carbonyl (C=O) groups excluding carboxylic acids is 5. The maximum Gasteiger partial charge on any atom is 0.265 e. The van der Waals surface area contributed by atoms with Gasteiger partial charge in [-0.05, 0) is 50.1 Å². The van der Waals surface area contributed by atoms with E-state index in [1.807, 2.05) is 13.0 Å². The first-order chi connectivity index (χ1) is 15.7. The van der Waals surface area contributed by atoms with Gasteiger partial charge in [0.1, 0.15) is 11.8 Å². The number of piperidine rings is 1. The van der Waals surface area contributed by atoms with Crippen LogP contribution in [0.1, 0.15) is 46.0 Å². The Hall–Kier alpha value is -3.72. The summed E-state index contributed by atoms with van der Waals surface area (Å²) in [7, 11) is 0. The zero-order chi connectivity index (χ0) is 23.9. The highest BCUT2D eigenvalue weighted by molar-refractivity contribution is 6.34. The second-order valence-electron chi connectivity index (χ2n) is 7.84. The van der Waals surface area contributed by atoms with Crippen LogP contribution in [0, 0.1) is 6.92 Å². The van der Waals surface area contributed by atoms with Crippen molar-refractivity contribution in [2.24, 2.45) is 0 Å². The minimum Gasteiger partial charge on any atom is -0.481 e. The van der Waals surface area contributed by atoms with Crippen LogP contribution in [0.5, 0.6) is 5.75 Å². The second kappa shape index (κ2) is 8.67. The van der Waals surface area contributed by atoms with Crippen LogP contribution in [0.2, 0.25) is 5.02 Å². The molecule has 2 heterocycles. The summed E-state index contributed by atoms with van der Waals surface area (Å²) in [6.45, 7) is 3.35. The summed E-state index contributed by atoms with van der Waals surface area (Å²) in [5.74, 6) is -2.63. The molecule has 9 nitrogen and oxygen atoms in total. The van der Waals surface area contributed by atoms with Crippen LogP contribution < -0.4 is 15.4 Å². The van der Waals surface area contributed by atoms with Crippen molar-refractivity contribution in [2.45, 2.75) is 38.8 Å². The molecule has 2 atom stereocenters. The molecule has 0 bridgehead atoms. The number of nitrogens with zero attached hydrogens (tertiary/aromatic N) is 1. The van der Waals surface area contributed by atoms with E-state index in [1.165, 1.54) is 25.1 Å². The van der Waals surface area contributed by atoms with Crippen molar-refractivity contribution >= 4 is 46.8 Å². The highest BCUT2D eigenvalue weighted by Crippen LogP contribution is 2.31. The molecule has 2 aromatic rings. The quantitative estimate of drug-likeness (QED) is 0.649. The molecule has 0 spiro atoms. The molecule has 4 rings (SSSR count). The normalized spacial score (nSPS) is 18.6. The molecule has 5 amide bonds. The SMILES string of the molecule is Cc1cccc(Cl)c1NC(=O)C(C)Oc1ccc2c(c1)C(=O)N(C1CCC(=O)NC1=O)C2=O. The highest BCUT2D eigenvalue weighted by atomic mass is 35.5. The lowest BCUT2D eigenvalue weighted by molar-refractivity contribution is -0.136. The van der Waals surface area contributed by atoms with Crippen LogP contribution in [0.25, 0.3) is 0 Å². The van der Waals surface area contributed by atoms with E-state index in [9.17, 15) is 24.0 Å². The van der Waals surface area contributed by atoms with Gasteiger partial charge in [0.15, 0.2) is 6.10 Å². The summed E-state index contributed by atoms with van der Waals surface area (Å²) < 4.78 is 5.69. The first kappa shape index (κ1) is 22.5. The van der Waals surface area contributed by atoms with Gasteiger partial charge in [0.25, 0.3) is 17.7 Å². The van der Waals surface area contributed by atoms with Gasteiger partial charge in [-0.2, -0.15) is 0 Å². The maximum atomic E-state index is 12.9. The Morgan fingerprint density at radius 1 is 1.15 bits per heavy atom. The summed E-state index contributed by atoms with van der Waals surface area (Å²) in [6, 6.07) is 8.45. The largest absolute Gasteiger partial charge is 0.481 e. The zero-order valence-corrected chi connectivity index (χ0v) is 18.6. The average Bonchev–Trinajstić information content (AvgIpc) is 3.01. The third-order valence-electron chi connectivity index (χ3n) is 5.56. The lowest BCUT2D eigenvalue weighted by Crippen LogP contribution is -2.54. The van der Waals surface area contributed by atoms with Crippen molar-refractivity contribution in [1.29, 1.82) is 0 Å². The third-order valence-corrected chi connectivity index (χ3v) is 5.88. The summed E-state index contributed by atoms with van der Waals surface area (Å²) in [5.41, 5.74) is 1.46. The van der Waals surface area contributed by atoms with E-state index in [-0.39, 0.29) is 29.7 Å². The number of rotatable bonds is 5. The fourth-order valence-corrected chi connectivity index (χ4v) is 4.07. The minimum atomic E-state index is -1.05. The van der Waals surface area contributed by atoms with Crippen molar-refractivity contribution in [2.75, 3.05) is 5.32 Å². The zero-order valence-electron chi connectivity index (χ0n) is 17.8. The average molecular weight is 470 g/mol. The van der Waals surface area contributed by atoms with Gasteiger partial charge in [0.2, 0.25) is 11.8 Å². The number of nitrogens with one attached hydrogen (secondary N) is 2. The number of imide groups is 2. The van der Waals surface area contributed by atoms with Gasteiger partial charge in [0, 0.05) is 6.42 Å². The van der Waals surface area contributed by atoms with Gasteiger partial charge in [0.05, 0.1) is 21.8 Å². The van der Waals surface area contributed by atoms with Crippen LogP contribution in [0.3, 0.4) is 0 Å². The van der Waals surface area contributed by atoms with E-state index in [4.69, 9.17) is 16.3 Å². The van der Waals surface area contributed by atoms with E-state index in [2.05, 4.69) is 10.6 Å². The van der Waals surface area contributed by atoms with E-state index in [0.29, 0.717) is 10.7 Å². The number of hydrogen-bond donors (Lipinski definition) is 2. The molecule has 1 fully saturated rings. The Balaban J connectivity index is 1.49. The van der Waals surface area contributed by atoms with Gasteiger partial charge >= 0.3 is 0 Å². The van der Waals surface area contributed by atoms with Crippen LogP contribution in [0.4, 0.5) is 5.69 Å². The third kappa shape index (κ3) is 4.19. The lowest BCUT2D eigenvalue weighted by atomic mass is 10.0. The fourth-order valence-electron chi connectivity index (χ4n) is 3.80. The predicted octanol–water partition coefficient (Wildman–Crippen LogP) is 2.46. The lowest BCUT2D eigenvalue weighted by Gasteiger charge is -2.27. The van der Waals surface area contributed by atoms with Crippen LogP contribution in [-0.2, 0) is 14.4 Å². The monoisotopic (exact) mass is 469 g/mol. The van der Waals surface area contributed by atoms with Crippen molar-refractivity contribution in [3.05, 3.63) is 58.1 Å². The van der Waals surface area contributed by atoms with Crippen LogP contribution in [-0.4, -0.2) is 46.6 Å². The topological polar surface area (TPSA) is 122 Å². The first-order valence-corrected chi connectivity index (χ1v) is 10.6. The molecule has 0 aliphatic carbocycles. The Labute approximate surface area is 194 Å². The number of ether oxygens (including phenoxy) is 1.